The average Bonchev–Trinajstić information content (AvgIpc) is 2.88. The summed E-state index contributed by atoms with van der Waals surface area (Å²) >= 11 is 0. The number of hydrogen-bond donors (Lipinski definition) is 1. The van der Waals surface area contributed by atoms with Gasteiger partial charge >= 0.3 is 0 Å². The van der Waals surface area contributed by atoms with Crippen LogP contribution in [0.5, 0.6) is 0 Å². The summed E-state index contributed by atoms with van der Waals surface area (Å²) in [7, 11) is 3.81. The van der Waals surface area contributed by atoms with Crippen LogP contribution < -0.4 is 5.73 Å². The number of anilines is 1. The number of likely N-dealkylation sites (tertiary alicyclic amines) is 1. The first-order chi connectivity index (χ1) is 8.09. The zero-order chi connectivity index (χ0) is 12.4. The summed E-state index contributed by atoms with van der Waals surface area (Å²) in [6.07, 6.45) is 2.29. The molecule has 0 saturated carbocycles. The van der Waals surface area contributed by atoms with Crippen molar-refractivity contribution < 1.29 is 9.42 Å². The molecule has 1 atom stereocenters. The van der Waals surface area contributed by atoms with Crippen molar-refractivity contribution in [3.8, 4) is 0 Å². The van der Waals surface area contributed by atoms with Crippen molar-refractivity contribution in [2.45, 2.75) is 18.9 Å². The first-order valence-corrected chi connectivity index (χ1v) is 5.63. The SMILES string of the molecule is CN(CC1CCCN1C)C(=O)c1nonc1N. The molecule has 2 heterocycles. The lowest BCUT2D eigenvalue weighted by Gasteiger charge is -2.25. The van der Waals surface area contributed by atoms with E-state index in [1.807, 2.05) is 0 Å². The summed E-state index contributed by atoms with van der Waals surface area (Å²) in [4.78, 5) is 15.9. The molecule has 17 heavy (non-hydrogen) atoms. The molecule has 0 aliphatic carbocycles. The molecule has 0 spiro atoms. The van der Waals surface area contributed by atoms with Crippen LogP contribution >= 0.6 is 0 Å². The van der Waals surface area contributed by atoms with Gasteiger partial charge < -0.3 is 15.5 Å². The monoisotopic (exact) mass is 239 g/mol. The molecule has 1 amide bonds. The lowest BCUT2D eigenvalue weighted by molar-refractivity contribution is 0.0751. The third kappa shape index (κ3) is 2.38. The van der Waals surface area contributed by atoms with Crippen LogP contribution in [-0.2, 0) is 0 Å². The molecule has 0 bridgehead atoms. The van der Waals surface area contributed by atoms with E-state index in [1.165, 1.54) is 6.42 Å². The van der Waals surface area contributed by atoms with Crippen LogP contribution in [0.25, 0.3) is 0 Å². The summed E-state index contributed by atoms with van der Waals surface area (Å²) in [6, 6.07) is 0.407. The van der Waals surface area contributed by atoms with Crippen LogP contribution in [0.2, 0.25) is 0 Å². The number of hydrogen-bond acceptors (Lipinski definition) is 6. The van der Waals surface area contributed by atoms with Crippen LogP contribution in [0.4, 0.5) is 5.82 Å². The number of likely N-dealkylation sites (N-methyl/N-ethyl adjacent to an activating group) is 2. The van der Waals surface area contributed by atoms with E-state index >= 15 is 0 Å². The minimum Gasteiger partial charge on any atom is -0.379 e. The van der Waals surface area contributed by atoms with Gasteiger partial charge in [0.05, 0.1) is 0 Å². The van der Waals surface area contributed by atoms with Gasteiger partial charge in [-0.25, -0.2) is 4.63 Å². The average molecular weight is 239 g/mol. The molecular formula is C10H17N5O2. The van der Waals surface area contributed by atoms with E-state index in [4.69, 9.17) is 5.73 Å². The van der Waals surface area contributed by atoms with Gasteiger partial charge in [0.25, 0.3) is 5.91 Å². The summed E-state index contributed by atoms with van der Waals surface area (Å²) < 4.78 is 4.42. The van der Waals surface area contributed by atoms with Crippen LogP contribution in [-0.4, -0.2) is 59.2 Å². The molecule has 1 aromatic rings. The number of aromatic nitrogens is 2. The molecule has 94 valence electrons. The maximum atomic E-state index is 12.0. The number of nitrogen functional groups attached to an aromatic ring is 1. The molecule has 1 aromatic heterocycles. The van der Waals surface area contributed by atoms with E-state index in [0.717, 1.165) is 13.0 Å². The molecule has 7 nitrogen and oxygen atoms in total. The number of amides is 1. The lowest BCUT2D eigenvalue weighted by Crippen LogP contribution is -2.39. The Morgan fingerprint density at radius 2 is 2.41 bits per heavy atom. The Balaban J connectivity index is 1.98. The van der Waals surface area contributed by atoms with Crippen LogP contribution in [0.3, 0.4) is 0 Å². The normalized spacial score (nSPS) is 20.7. The van der Waals surface area contributed by atoms with Crippen molar-refractivity contribution in [2.75, 3.05) is 32.9 Å². The zero-order valence-electron chi connectivity index (χ0n) is 10.1. The molecular weight excluding hydrogens is 222 g/mol. The molecule has 2 rings (SSSR count). The number of carbonyl (C=O) groups is 1. The molecule has 0 radical (unpaired) electrons. The molecule has 2 N–H and O–H groups in total. The molecule has 7 heteroatoms. The minimum absolute atomic E-state index is 0.0432. The van der Waals surface area contributed by atoms with Gasteiger partial charge in [-0.2, -0.15) is 0 Å². The van der Waals surface area contributed by atoms with Gasteiger partial charge in [-0.3, -0.25) is 4.79 Å². The number of carbonyl (C=O) groups excluding carboxylic acids is 1. The van der Waals surface area contributed by atoms with Crippen molar-refractivity contribution >= 4 is 11.7 Å². The van der Waals surface area contributed by atoms with Gasteiger partial charge in [-0.15, -0.1) is 0 Å². The maximum Gasteiger partial charge on any atom is 0.279 e. The fourth-order valence-corrected chi connectivity index (χ4v) is 2.13. The zero-order valence-corrected chi connectivity index (χ0v) is 10.1. The molecule has 1 aliphatic heterocycles. The third-order valence-electron chi connectivity index (χ3n) is 3.22. The van der Waals surface area contributed by atoms with E-state index in [-0.39, 0.29) is 17.4 Å². The lowest BCUT2D eigenvalue weighted by atomic mass is 10.2. The highest BCUT2D eigenvalue weighted by atomic mass is 16.6. The fraction of sp³-hybridized carbons (Fsp3) is 0.700. The number of nitrogens with zero attached hydrogens (tertiary/aromatic N) is 4. The van der Waals surface area contributed by atoms with Crippen molar-refractivity contribution in [1.82, 2.24) is 20.1 Å². The van der Waals surface area contributed by atoms with Crippen LogP contribution in [0.1, 0.15) is 23.3 Å². The molecule has 1 aliphatic rings. The highest BCUT2D eigenvalue weighted by Gasteiger charge is 2.26. The van der Waals surface area contributed by atoms with Crippen molar-refractivity contribution in [1.29, 1.82) is 0 Å². The van der Waals surface area contributed by atoms with Crippen LogP contribution in [0, 0.1) is 0 Å². The Morgan fingerprint density at radius 3 is 2.94 bits per heavy atom. The second-order valence-corrected chi connectivity index (χ2v) is 4.46. The second kappa shape index (κ2) is 4.70. The first-order valence-electron chi connectivity index (χ1n) is 5.63. The molecule has 1 unspecified atom stereocenters. The van der Waals surface area contributed by atoms with Gasteiger partial charge in [0, 0.05) is 19.6 Å². The molecule has 0 aromatic carbocycles. The Morgan fingerprint density at radius 1 is 1.65 bits per heavy atom. The summed E-state index contributed by atoms with van der Waals surface area (Å²) in [5, 5.41) is 6.92. The highest BCUT2D eigenvalue weighted by molar-refractivity contribution is 5.95. The largest absolute Gasteiger partial charge is 0.379 e. The predicted octanol–water partition coefficient (Wildman–Crippen LogP) is -0.182. The Labute approximate surface area is 99.5 Å². The predicted molar refractivity (Wildman–Crippen MR) is 61.3 cm³/mol. The van der Waals surface area contributed by atoms with E-state index in [9.17, 15) is 4.79 Å². The first kappa shape index (κ1) is 11.8. The summed E-state index contributed by atoms with van der Waals surface area (Å²) in [5.74, 6) is -0.203. The van der Waals surface area contributed by atoms with E-state index < -0.39 is 0 Å². The number of nitrogens with two attached hydrogens (primary N) is 1. The minimum atomic E-state index is -0.246. The Bertz CT molecular complexity index is 405. The van der Waals surface area contributed by atoms with Gasteiger partial charge in [0.15, 0.2) is 0 Å². The Hall–Kier alpha value is -1.63. The van der Waals surface area contributed by atoms with E-state index in [2.05, 4.69) is 26.9 Å². The topological polar surface area (TPSA) is 88.5 Å². The quantitative estimate of drug-likeness (QED) is 0.787. The molecule has 1 saturated heterocycles. The fourth-order valence-electron chi connectivity index (χ4n) is 2.13. The number of rotatable bonds is 3. The van der Waals surface area contributed by atoms with Crippen LogP contribution in [0.15, 0.2) is 4.63 Å². The maximum absolute atomic E-state index is 12.0. The van der Waals surface area contributed by atoms with Crippen molar-refractivity contribution in [3.63, 3.8) is 0 Å². The van der Waals surface area contributed by atoms with Gasteiger partial charge in [0.2, 0.25) is 11.5 Å². The van der Waals surface area contributed by atoms with E-state index in [1.54, 1.807) is 11.9 Å². The van der Waals surface area contributed by atoms with Gasteiger partial charge in [-0.05, 0) is 36.7 Å². The smallest absolute Gasteiger partial charge is 0.279 e. The summed E-state index contributed by atoms with van der Waals surface area (Å²) in [5.41, 5.74) is 5.58. The standard InChI is InChI=1S/C10H17N5O2/c1-14-5-3-4-7(14)6-15(2)10(16)8-9(11)13-17-12-8/h7H,3-6H2,1-2H3,(H2,11,13). The highest BCUT2D eigenvalue weighted by Crippen LogP contribution is 2.16. The van der Waals surface area contributed by atoms with Crippen molar-refractivity contribution in [3.05, 3.63) is 5.69 Å². The van der Waals surface area contributed by atoms with E-state index in [0.29, 0.717) is 12.6 Å². The second-order valence-electron chi connectivity index (χ2n) is 4.46. The van der Waals surface area contributed by atoms with Gasteiger partial charge in [0.1, 0.15) is 0 Å². The summed E-state index contributed by atoms with van der Waals surface area (Å²) in [6.45, 7) is 1.75. The van der Waals surface area contributed by atoms with Crippen molar-refractivity contribution in [2.24, 2.45) is 0 Å². The Kier molecular flexibility index (Phi) is 3.28. The van der Waals surface area contributed by atoms with Gasteiger partial charge in [-0.1, -0.05) is 0 Å². The molecule has 1 fully saturated rings. The third-order valence-corrected chi connectivity index (χ3v) is 3.22.